The van der Waals surface area contributed by atoms with Crippen LogP contribution in [-0.2, 0) is 13.6 Å². The maximum Gasteiger partial charge on any atom is 0.329 e. The van der Waals surface area contributed by atoms with Crippen LogP contribution < -0.4 is 16.0 Å². The smallest absolute Gasteiger partial charge is 0.329 e. The predicted molar refractivity (Wildman–Crippen MR) is 104 cm³/mol. The zero-order chi connectivity index (χ0) is 20.0. The van der Waals surface area contributed by atoms with Crippen molar-refractivity contribution < 1.29 is 4.74 Å². The van der Waals surface area contributed by atoms with Gasteiger partial charge in [-0.25, -0.2) is 9.48 Å². The van der Waals surface area contributed by atoms with Crippen molar-refractivity contribution in [2.75, 3.05) is 7.11 Å². The summed E-state index contributed by atoms with van der Waals surface area (Å²) in [4.78, 5) is 31.6. The minimum absolute atomic E-state index is 0.310. The number of hydrogen-bond acceptors (Lipinski definition) is 5. The number of hydrogen-bond donors (Lipinski definition) is 1. The number of ether oxygens (including phenoxy) is 1. The Labute approximate surface area is 159 Å². The summed E-state index contributed by atoms with van der Waals surface area (Å²) in [7, 11) is 3.19. The van der Waals surface area contributed by atoms with Crippen molar-refractivity contribution in [1.29, 1.82) is 0 Å². The SMILES string of the molecule is COc1ccc(Cn2c(-n3nc(C)cc3C)nc3c2c(=O)[nH]c(=O)n3C)cc1. The number of methoxy groups -OCH3 is 1. The quantitative estimate of drug-likeness (QED) is 0.575. The number of aromatic nitrogens is 6. The van der Waals surface area contributed by atoms with E-state index in [2.05, 4.69) is 15.1 Å². The molecule has 9 heteroatoms. The zero-order valence-corrected chi connectivity index (χ0v) is 16.1. The molecule has 4 aromatic rings. The van der Waals surface area contributed by atoms with Crippen molar-refractivity contribution in [3.8, 4) is 11.7 Å². The molecule has 0 aliphatic heterocycles. The standard InChI is InChI=1S/C19H20N6O3/c1-11-9-12(2)25(22-11)18-20-16-15(17(26)21-19(27)23(16)3)24(18)10-13-5-7-14(28-4)8-6-13/h5-9H,10H2,1-4H3,(H,21,26,27). The van der Waals surface area contributed by atoms with E-state index in [1.54, 1.807) is 23.4 Å². The summed E-state index contributed by atoms with van der Waals surface area (Å²) in [5.41, 5.74) is 2.31. The van der Waals surface area contributed by atoms with Crippen molar-refractivity contribution in [1.82, 2.24) is 28.9 Å². The van der Waals surface area contributed by atoms with Crippen LogP contribution in [0.3, 0.4) is 0 Å². The van der Waals surface area contributed by atoms with Gasteiger partial charge in [0.15, 0.2) is 11.2 Å². The molecule has 9 nitrogen and oxygen atoms in total. The fourth-order valence-electron chi connectivity index (χ4n) is 3.28. The van der Waals surface area contributed by atoms with Gasteiger partial charge in [0.2, 0.25) is 5.95 Å². The van der Waals surface area contributed by atoms with Gasteiger partial charge in [0.05, 0.1) is 19.3 Å². The molecule has 3 aromatic heterocycles. The molecule has 4 rings (SSSR count). The monoisotopic (exact) mass is 380 g/mol. The Morgan fingerprint density at radius 1 is 1.14 bits per heavy atom. The van der Waals surface area contributed by atoms with E-state index in [1.165, 1.54) is 4.57 Å². The number of rotatable bonds is 4. The van der Waals surface area contributed by atoms with Crippen LogP contribution in [0.2, 0.25) is 0 Å². The molecular formula is C19H20N6O3. The van der Waals surface area contributed by atoms with Gasteiger partial charge in [0, 0.05) is 12.7 Å². The fourth-order valence-corrected chi connectivity index (χ4v) is 3.28. The van der Waals surface area contributed by atoms with Gasteiger partial charge in [0.25, 0.3) is 5.56 Å². The summed E-state index contributed by atoms with van der Waals surface area (Å²) in [6.45, 7) is 4.19. The van der Waals surface area contributed by atoms with Crippen LogP contribution in [-0.4, -0.2) is 36.0 Å². The summed E-state index contributed by atoms with van der Waals surface area (Å²) in [5.74, 6) is 1.22. The molecule has 0 amide bonds. The van der Waals surface area contributed by atoms with Crippen LogP contribution in [0, 0.1) is 13.8 Å². The Morgan fingerprint density at radius 2 is 1.86 bits per heavy atom. The van der Waals surface area contributed by atoms with E-state index in [0.717, 1.165) is 22.7 Å². The lowest BCUT2D eigenvalue weighted by Gasteiger charge is -2.10. The van der Waals surface area contributed by atoms with Gasteiger partial charge in [-0.2, -0.15) is 10.1 Å². The number of imidazole rings is 1. The van der Waals surface area contributed by atoms with Gasteiger partial charge in [0.1, 0.15) is 5.75 Å². The highest BCUT2D eigenvalue weighted by atomic mass is 16.5. The molecule has 0 aliphatic rings. The molecule has 0 bridgehead atoms. The number of aryl methyl sites for hydroxylation is 3. The Morgan fingerprint density at radius 3 is 2.46 bits per heavy atom. The second-order valence-electron chi connectivity index (χ2n) is 6.68. The first kappa shape index (κ1) is 17.8. The molecular weight excluding hydrogens is 360 g/mol. The molecule has 0 spiro atoms. The van der Waals surface area contributed by atoms with Crippen molar-refractivity contribution >= 4 is 11.2 Å². The molecule has 0 atom stereocenters. The zero-order valence-electron chi connectivity index (χ0n) is 16.1. The molecule has 0 unspecified atom stereocenters. The summed E-state index contributed by atoms with van der Waals surface area (Å²) in [6, 6.07) is 9.49. The van der Waals surface area contributed by atoms with Crippen molar-refractivity contribution in [2.24, 2.45) is 7.05 Å². The lowest BCUT2D eigenvalue weighted by molar-refractivity contribution is 0.414. The second kappa shape index (κ2) is 6.52. The summed E-state index contributed by atoms with van der Waals surface area (Å²) in [6.07, 6.45) is 0. The molecule has 1 aromatic carbocycles. The fraction of sp³-hybridized carbons (Fsp3) is 0.263. The van der Waals surface area contributed by atoms with Crippen LogP contribution in [0.4, 0.5) is 0 Å². The van der Waals surface area contributed by atoms with E-state index in [1.807, 2.05) is 44.2 Å². The van der Waals surface area contributed by atoms with Gasteiger partial charge in [-0.3, -0.25) is 18.9 Å². The molecule has 0 radical (unpaired) electrons. The number of benzene rings is 1. The first-order valence-electron chi connectivity index (χ1n) is 8.75. The highest BCUT2D eigenvalue weighted by molar-refractivity contribution is 5.72. The van der Waals surface area contributed by atoms with Crippen LogP contribution in [0.5, 0.6) is 5.75 Å². The van der Waals surface area contributed by atoms with Crippen molar-refractivity contribution in [3.05, 3.63) is 68.1 Å². The number of fused-ring (bicyclic) bond motifs is 1. The molecule has 1 N–H and O–H groups in total. The first-order valence-corrected chi connectivity index (χ1v) is 8.75. The van der Waals surface area contributed by atoms with Gasteiger partial charge in [-0.05, 0) is 37.6 Å². The van der Waals surface area contributed by atoms with Gasteiger partial charge < -0.3 is 4.74 Å². The Bertz CT molecular complexity index is 1290. The summed E-state index contributed by atoms with van der Waals surface area (Å²) in [5, 5.41) is 4.50. The normalized spacial score (nSPS) is 11.3. The third kappa shape index (κ3) is 2.81. The Balaban J connectivity index is 1.99. The molecule has 144 valence electrons. The minimum Gasteiger partial charge on any atom is -0.497 e. The molecule has 0 saturated heterocycles. The highest BCUT2D eigenvalue weighted by Gasteiger charge is 2.20. The van der Waals surface area contributed by atoms with Crippen LogP contribution in [0.25, 0.3) is 17.1 Å². The second-order valence-corrected chi connectivity index (χ2v) is 6.68. The summed E-state index contributed by atoms with van der Waals surface area (Å²) >= 11 is 0. The van der Waals surface area contributed by atoms with Crippen molar-refractivity contribution in [3.63, 3.8) is 0 Å². The van der Waals surface area contributed by atoms with E-state index in [4.69, 9.17) is 4.74 Å². The predicted octanol–water partition coefficient (Wildman–Crippen LogP) is 1.28. The third-order valence-electron chi connectivity index (χ3n) is 4.69. The molecule has 28 heavy (non-hydrogen) atoms. The summed E-state index contributed by atoms with van der Waals surface area (Å²) < 4.78 is 9.99. The highest BCUT2D eigenvalue weighted by Crippen LogP contribution is 2.20. The van der Waals surface area contributed by atoms with E-state index < -0.39 is 11.2 Å². The molecule has 0 saturated carbocycles. The van der Waals surface area contributed by atoms with Crippen LogP contribution in [0.1, 0.15) is 17.0 Å². The van der Waals surface area contributed by atoms with E-state index >= 15 is 0 Å². The lowest BCUT2D eigenvalue weighted by atomic mass is 10.2. The largest absolute Gasteiger partial charge is 0.497 e. The van der Waals surface area contributed by atoms with Gasteiger partial charge in [-0.1, -0.05) is 12.1 Å². The van der Waals surface area contributed by atoms with Gasteiger partial charge >= 0.3 is 5.69 Å². The first-order chi connectivity index (χ1) is 13.4. The Hall–Kier alpha value is -3.62. The lowest BCUT2D eigenvalue weighted by Crippen LogP contribution is -2.29. The molecule has 3 heterocycles. The van der Waals surface area contributed by atoms with E-state index in [9.17, 15) is 9.59 Å². The topological polar surface area (TPSA) is 99.7 Å². The minimum atomic E-state index is -0.508. The Kier molecular flexibility index (Phi) is 4.14. The number of H-pyrrole nitrogens is 1. The number of aromatic amines is 1. The molecule has 0 fully saturated rings. The number of nitrogens with one attached hydrogen (secondary N) is 1. The third-order valence-corrected chi connectivity index (χ3v) is 4.69. The maximum atomic E-state index is 12.6. The van der Waals surface area contributed by atoms with E-state index in [0.29, 0.717) is 23.7 Å². The van der Waals surface area contributed by atoms with E-state index in [-0.39, 0.29) is 0 Å². The van der Waals surface area contributed by atoms with Crippen LogP contribution in [0.15, 0.2) is 39.9 Å². The van der Waals surface area contributed by atoms with Gasteiger partial charge in [-0.15, -0.1) is 0 Å². The molecule has 0 aliphatic carbocycles. The van der Waals surface area contributed by atoms with Crippen LogP contribution >= 0.6 is 0 Å². The average Bonchev–Trinajstić information content (AvgIpc) is 3.20. The maximum absolute atomic E-state index is 12.6. The number of nitrogens with zero attached hydrogens (tertiary/aromatic N) is 5. The van der Waals surface area contributed by atoms with Crippen molar-refractivity contribution in [2.45, 2.75) is 20.4 Å². The average molecular weight is 380 g/mol.